The molecule has 2 aromatic carbocycles. The largest absolute Gasteiger partial charge is 0.493 e. The molecule has 1 aromatic heterocycles. The van der Waals surface area contributed by atoms with Crippen molar-refractivity contribution >= 4 is 32.4 Å². The Bertz CT molecular complexity index is 1180. The first-order valence-electron chi connectivity index (χ1n) is 9.80. The maximum absolute atomic E-state index is 12.6. The van der Waals surface area contributed by atoms with Crippen molar-refractivity contribution in [1.82, 2.24) is 14.9 Å². The minimum Gasteiger partial charge on any atom is -0.493 e. The summed E-state index contributed by atoms with van der Waals surface area (Å²) in [6.45, 7) is 2.16. The number of sulfonamides is 1. The molecule has 2 N–H and O–H groups in total. The second-order valence-electron chi connectivity index (χ2n) is 6.67. The quantitative estimate of drug-likeness (QED) is 0.462. The highest BCUT2D eigenvalue weighted by Gasteiger charge is 2.16. The fourth-order valence-corrected chi connectivity index (χ4v) is 4.56. The number of anilines is 1. The third-order valence-corrected chi connectivity index (χ3v) is 7.03. The van der Waals surface area contributed by atoms with E-state index >= 15 is 0 Å². The third-order valence-electron chi connectivity index (χ3n) is 4.57. The van der Waals surface area contributed by atoms with Crippen LogP contribution in [-0.4, -0.2) is 45.3 Å². The monoisotopic (exact) mass is 476 g/mol. The third kappa shape index (κ3) is 5.81. The van der Waals surface area contributed by atoms with Crippen molar-refractivity contribution < 1.29 is 22.7 Å². The Hall–Kier alpha value is -3.02. The van der Waals surface area contributed by atoms with Gasteiger partial charge in [-0.2, -0.15) is 0 Å². The molecule has 0 saturated carbocycles. The molecule has 1 amide bonds. The number of carbonyl (C=O) groups is 1. The Morgan fingerprint density at radius 3 is 2.38 bits per heavy atom. The van der Waals surface area contributed by atoms with Crippen LogP contribution >= 0.6 is 11.3 Å². The molecule has 32 heavy (non-hydrogen) atoms. The molecule has 0 radical (unpaired) electrons. The molecule has 0 aliphatic carbocycles. The van der Waals surface area contributed by atoms with E-state index in [0.29, 0.717) is 28.6 Å². The van der Waals surface area contributed by atoms with Gasteiger partial charge in [0.25, 0.3) is 5.91 Å². The second kappa shape index (κ2) is 10.5. The van der Waals surface area contributed by atoms with Crippen molar-refractivity contribution in [1.29, 1.82) is 0 Å². The first-order valence-corrected chi connectivity index (χ1v) is 12.1. The number of hydrogen-bond acceptors (Lipinski definition) is 8. The maximum Gasteiger partial charge on any atom is 0.257 e. The van der Waals surface area contributed by atoms with Crippen LogP contribution in [0.3, 0.4) is 0 Å². The van der Waals surface area contributed by atoms with Gasteiger partial charge in [-0.15, -0.1) is 10.2 Å². The summed E-state index contributed by atoms with van der Waals surface area (Å²) in [6, 6.07) is 11.1. The van der Waals surface area contributed by atoms with E-state index in [4.69, 9.17) is 9.47 Å². The van der Waals surface area contributed by atoms with Crippen LogP contribution in [-0.2, 0) is 22.9 Å². The molecule has 0 bridgehead atoms. The van der Waals surface area contributed by atoms with E-state index < -0.39 is 10.0 Å². The topological polar surface area (TPSA) is 120 Å². The number of nitrogens with one attached hydrogen (secondary N) is 2. The molecule has 1 heterocycles. The van der Waals surface area contributed by atoms with E-state index in [2.05, 4.69) is 20.2 Å². The molecule has 3 rings (SSSR count). The zero-order chi connectivity index (χ0) is 23.1. The summed E-state index contributed by atoms with van der Waals surface area (Å²) in [7, 11) is -0.618. The van der Waals surface area contributed by atoms with Gasteiger partial charge in [-0.3, -0.25) is 10.1 Å². The molecule has 11 heteroatoms. The average Bonchev–Trinajstić information content (AvgIpc) is 3.26. The van der Waals surface area contributed by atoms with Crippen LogP contribution in [0.1, 0.15) is 27.9 Å². The van der Waals surface area contributed by atoms with Crippen LogP contribution in [0.4, 0.5) is 5.13 Å². The Kier molecular flexibility index (Phi) is 7.78. The summed E-state index contributed by atoms with van der Waals surface area (Å²) in [5.41, 5.74) is 1.22. The molecule has 3 aromatic rings. The molecule has 9 nitrogen and oxygen atoms in total. The van der Waals surface area contributed by atoms with Crippen molar-refractivity contribution in [2.24, 2.45) is 0 Å². The number of hydrogen-bond donors (Lipinski definition) is 2. The van der Waals surface area contributed by atoms with Crippen LogP contribution in [0.2, 0.25) is 0 Å². The molecule has 0 spiro atoms. The van der Waals surface area contributed by atoms with E-state index in [0.717, 1.165) is 17.0 Å². The fourth-order valence-electron chi connectivity index (χ4n) is 2.85. The van der Waals surface area contributed by atoms with Gasteiger partial charge in [0.1, 0.15) is 5.01 Å². The van der Waals surface area contributed by atoms with Gasteiger partial charge < -0.3 is 9.47 Å². The molecule has 0 aliphatic heterocycles. The maximum atomic E-state index is 12.6. The van der Waals surface area contributed by atoms with Crippen molar-refractivity contribution in [3.05, 3.63) is 58.6 Å². The Balaban J connectivity index is 1.59. The number of aryl methyl sites for hydroxylation is 1. The van der Waals surface area contributed by atoms with Gasteiger partial charge in [-0.05, 0) is 54.8 Å². The first kappa shape index (κ1) is 23.6. The molecule has 0 atom stereocenters. The highest BCUT2D eigenvalue weighted by atomic mass is 32.2. The van der Waals surface area contributed by atoms with Crippen LogP contribution < -0.4 is 19.5 Å². The lowest BCUT2D eigenvalue weighted by atomic mass is 10.1. The summed E-state index contributed by atoms with van der Waals surface area (Å²) in [4.78, 5) is 12.4. The number of ether oxygens (including phenoxy) is 2. The minimum atomic E-state index is -3.72. The highest BCUT2D eigenvalue weighted by Crippen LogP contribution is 2.27. The van der Waals surface area contributed by atoms with Crippen molar-refractivity contribution in [3.8, 4) is 11.5 Å². The smallest absolute Gasteiger partial charge is 0.257 e. The Morgan fingerprint density at radius 1 is 1.03 bits per heavy atom. The Morgan fingerprint density at radius 2 is 1.75 bits per heavy atom. The summed E-state index contributed by atoms with van der Waals surface area (Å²) in [5.74, 6) is 0.813. The normalized spacial score (nSPS) is 11.2. The summed E-state index contributed by atoms with van der Waals surface area (Å²) in [5, 5.41) is 11.7. The molecule has 0 saturated heterocycles. The molecular weight excluding hydrogens is 452 g/mol. The lowest BCUT2D eigenvalue weighted by molar-refractivity contribution is 0.102. The van der Waals surface area contributed by atoms with Gasteiger partial charge in [-0.25, -0.2) is 13.1 Å². The van der Waals surface area contributed by atoms with Gasteiger partial charge in [0.05, 0.1) is 19.1 Å². The molecule has 170 valence electrons. The lowest BCUT2D eigenvalue weighted by Crippen LogP contribution is -2.26. The molecule has 0 unspecified atom stereocenters. The number of carbonyl (C=O) groups excluding carboxylic acids is 1. The van der Waals surface area contributed by atoms with Crippen molar-refractivity contribution in [2.75, 3.05) is 26.1 Å². The van der Waals surface area contributed by atoms with Crippen molar-refractivity contribution in [3.63, 3.8) is 0 Å². The average molecular weight is 477 g/mol. The van der Waals surface area contributed by atoms with Gasteiger partial charge in [0.2, 0.25) is 15.2 Å². The number of nitrogens with zero attached hydrogens (tertiary/aromatic N) is 2. The second-order valence-corrected chi connectivity index (χ2v) is 9.50. The van der Waals surface area contributed by atoms with Crippen LogP contribution in [0.15, 0.2) is 47.4 Å². The summed E-state index contributed by atoms with van der Waals surface area (Å²) < 4.78 is 38.2. The SMILES string of the molecule is CCc1nnc(NC(=O)c2ccc(S(=O)(=O)NCCc3ccc(OC)c(OC)c3)cc2)s1. The van der Waals surface area contributed by atoms with Crippen LogP contribution in [0.25, 0.3) is 0 Å². The molecule has 0 fully saturated rings. The highest BCUT2D eigenvalue weighted by molar-refractivity contribution is 7.89. The lowest BCUT2D eigenvalue weighted by Gasteiger charge is -2.10. The van der Waals surface area contributed by atoms with Gasteiger partial charge in [-0.1, -0.05) is 24.3 Å². The van der Waals surface area contributed by atoms with Crippen LogP contribution in [0, 0.1) is 0 Å². The Labute approximate surface area is 190 Å². The van der Waals surface area contributed by atoms with E-state index in [1.165, 1.54) is 35.6 Å². The fraction of sp³-hybridized carbons (Fsp3) is 0.286. The van der Waals surface area contributed by atoms with Gasteiger partial charge >= 0.3 is 0 Å². The first-order chi connectivity index (χ1) is 15.4. The zero-order valence-corrected chi connectivity index (χ0v) is 19.5. The molecule has 0 aliphatic rings. The summed E-state index contributed by atoms with van der Waals surface area (Å²) >= 11 is 1.30. The number of methoxy groups -OCH3 is 2. The van der Waals surface area contributed by atoms with Gasteiger partial charge in [0.15, 0.2) is 11.5 Å². The van der Waals surface area contributed by atoms with E-state index in [9.17, 15) is 13.2 Å². The number of rotatable bonds is 10. The summed E-state index contributed by atoms with van der Waals surface area (Å²) in [6.07, 6.45) is 1.21. The minimum absolute atomic E-state index is 0.0746. The number of aromatic nitrogens is 2. The zero-order valence-electron chi connectivity index (χ0n) is 17.9. The number of benzene rings is 2. The number of amides is 1. The standard InChI is InChI=1S/C21H24N4O5S2/c1-4-19-24-25-21(31-19)23-20(26)15-6-8-16(9-7-15)32(27,28)22-12-11-14-5-10-17(29-2)18(13-14)30-3/h5-10,13,22H,4,11-12H2,1-3H3,(H,23,25,26). The van der Waals surface area contributed by atoms with E-state index in [1.807, 2.05) is 19.1 Å². The predicted molar refractivity (Wildman–Crippen MR) is 122 cm³/mol. The van der Waals surface area contributed by atoms with E-state index in [-0.39, 0.29) is 17.3 Å². The van der Waals surface area contributed by atoms with E-state index in [1.54, 1.807) is 20.3 Å². The van der Waals surface area contributed by atoms with Crippen molar-refractivity contribution in [2.45, 2.75) is 24.7 Å². The predicted octanol–water partition coefficient (Wildman–Crippen LogP) is 2.89. The van der Waals surface area contributed by atoms with Crippen LogP contribution in [0.5, 0.6) is 11.5 Å². The van der Waals surface area contributed by atoms with Gasteiger partial charge in [0, 0.05) is 12.1 Å². The molecular formula is C21H24N4O5S2.